The lowest BCUT2D eigenvalue weighted by Crippen LogP contribution is -2.36. The van der Waals surface area contributed by atoms with Crippen LogP contribution in [0.4, 0.5) is 5.69 Å². The fraction of sp³-hybridized carbons (Fsp3) is 0.389. The summed E-state index contributed by atoms with van der Waals surface area (Å²) >= 11 is 0. The number of carbonyl (C=O) groups excluding carboxylic acids is 1. The van der Waals surface area contributed by atoms with Crippen LogP contribution in [0.15, 0.2) is 33.8 Å². The van der Waals surface area contributed by atoms with Gasteiger partial charge in [-0.05, 0) is 12.1 Å². The van der Waals surface area contributed by atoms with E-state index in [-0.39, 0.29) is 5.76 Å². The first kappa shape index (κ1) is 16.6. The normalized spacial score (nSPS) is 17.5. The zero-order chi connectivity index (χ0) is 18.1. The molecule has 8 nitrogen and oxygen atoms in total. The van der Waals surface area contributed by atoms with Crippen molar-refractivity contribution in [3.8, 4) is 11.3 Å². The Morgan fingerprint density at radius 1 is 1.19 bits per heavy atom. The molecule has 0 bridgehead atoms. The molecule has 8 heteroatoms. The van der Waals surface area contributed by atoms with Crippen LogP contribution in [0.1, 0.15) is 16.1 Å². The van der Waals surface area contributed by atoms with Gasteiger partial charge in [-0.1, -0.05) is 11.2 Å². The van der Waals surface area contributed by atoms with Crippen molar-refractivity contribution in [3.05, 3.63) is 35.6 Å². The SMILES string of the molecule is CN1CCN=C1c1ccc(-c2cc(C(N)=O)on2)c(N2CCOCC2)c1. The Balaban J connectivity index is 1.77. The summed E-state index contributed by atoms with van der Waals surface area (Å²) in [6, 6.07) is 7.73. The van der Waals surface area contributed by atoms with Crippen molar-refractivity contribution < 1.29 is 14.1 Å². The Hall–Kier alpha value is -2.87. The molecular weight excluding hydrogens is 334 g/mol. The number of hydrogen-bond donors (Lipinski definition) is 1. The van der Waals surface area contributed by atoms with Crippen LogP contribution in [0.25, 0.3) is 11.3 Å². The zero-order valence-electron chi connectivity index (χ0n) is 14.6. The first-order chi connectivity index (χ1) is 12.6. The zero-order valence-corrected chi connectivity index (χ0v) is 14.6. The number of likely N-dealkylation sites (N-methyl/N-ethyl adjacent to an activating group) is 1. The van der Waals surface area contributed by atoms with Crippen molar-refractivity contribution >= 4 is 17.4 Å². The number of primary amides is 1. The fourth-order valence-corrected chi connectivity index (χ4v) is 3.32. The van der Waals surface area contributed by atoms with E-state index in [1.54, 1.807) is 6.07 Å². The summed E-state index contributed by atoms with van der Waals surface area (Å²) < 4.78 is 10.6. The molecule has 2 N–H and O–H groups in total. The number of nitrogens with two attached hydrogens (primary N) is 1. The molecule has 0 unspecified atom stereocenters. The smallest absolute Gasteiger partial charge is 0.287 e. The highest BCUT2D eigenvalue weighted by Gasteiger charge is 2.22. The number of nitrogens with zero attached hydrogens (tertiary/aromatic N) is 4. The standard InChI is InChI=1S/C18H21N5O3/c1-22-5-4-20-18(22)12-2-3-13(14-11-16(17(19)24)26-21-14)15(10-12)23-6-8-25-9-7-23/h2-3,10-11H,4-9H2,1H3,(H2,19,24). The molecule has 1 fully saturated rings. The van der Waals surface area contributed by atoms with Crippen LogP contribution in [0, 0.1) is 0 Å². The summed E-state index contributed by atoms with van der Waals surface area (Å²) in [6.45, 7) is 4.67. The van der Waals surface area contributed by atoms with Crippen LogP contribution in [0.2, 0.25) is 0 Å². The minimum atomic E-state index is -0.629. The third kappa shape index (κ3) is 3.03. The molecule has 26 heavy (non-hydrogen) atoms. The van der Waals surface area contributed by atoms with Gasteiger partial charge in [0.25, 0.3) is 5.91 Å². The molecule has 2 aromatic rings. The Bertz CT molecular complexity index is 854. The van der Waals surface area contributed by atoms with Crippen LogP contribution in [0.5, 0.6) is 0 Å². The maximum Gasteiger partial charge on any atom is 0.287 e. The predicted molar refractivity (Wildman–Crippen MR) is 97.5 cm³/mol. The molecule has 0 radical (unpaired) electrons. The summed E-state index contributed by atoms with van der Waals surface area (Å²) in [4.78, 5) is 20.4. The monoisotopic (exact) mass is 355 g/mol. The lowest BCUT2D eigenvalue weighted by molar-refractivity contribution is 0.0965. The van der Waals surface area contributed by atoms with Crippen molar-refractivity contribution in [2.45, 2.75) is 0 Å². The van der Waals surface area contributed by atoms with Gasteiger partial charge in [0.1, 0.15) is 11.5 Å². The maximum absolute atomic E-state index is 11.3. The number of morpholine rings is 1. The van der Waals surface area contributed by atoms with Gasteiger partial charge < -0.3 is 24.8 Å². The van der Waals surface area contributed by atoms with E-state index in [4.69, 9.17) is 15.0 Å². The first-order valence-electron chi connectivity index (χ1n) is 8.63. The van der Waals surface area contributed by atoms with E-state index in [9.17, 15) is 4.79 Å². The number of ether oxygens (including phenoxy) is 1. The Kier molecular flexibility index (Phi) is 4.34. The van der Waals surface area contributed by atoms with E-state index < -0.39 is 5.91 Å². The largest absolute Gasteiger partial charge is 0.378 e. The Morgan fingerprint density at radius 3 is 2.65 bits per heavy atom. The van der Waals surface area contributed by atoms with Crippen LogP contribution >= 0.6 is 0 Å². The van der Waals surface area contributed by atoms with E-state index in [1.165, 1.54) is 0 Å². The number of aliphatic imine (C=N–C) groups is 1. The van der Waals surface area contributed by atoms with Crippen LogP contribution in [-0.4, -0.2) is 68.2 Å². The molecule has 0 aliphatic carbocycles. The summed E-state index contributed by atoms with van der Waals surface area (Å²) in [6.07, 6.45) is 0. The van der Waals surface area contributed by atoms with Gasteiger partial charge >= 0.3 is 0 Å². The number of anilines is 1. The number of rotatable bonds is 4. The highest BCUT2D eigenvalue weighted by Crippen LogP contribution is 2.33. The Morgan fingerprint density at radius 2 is 2.00 bits per heavy atom. The van der Waals surface area contributed by atoms with Gasteiger partial charge in [0, 0.05) is 49.6 Å². The van der Waals surface area contributed by atoms with Gasteiger partial charge in [-0.2, -0.15) is 0 Å². The second-order valence-electron chi connectivity index (χ2n) is 6.40. The quantitative estimate of drug-likeness (QED) is 0.878. The fourth-order valence-electron chi connectivity index (χ4n) is 3.32. The molecule has 3 heterocycles. The van der Waals surface area contributed by atoms with Gasteiger partial charge in [0.2, 0.25) is 5.76 Å². The number of hydrogen-bond acceptors (Lipinski definition) is 7. The first-order valence-corrected chi connectivity index (χ1v) is 8.63. The molecule has 136 valence electrons. The van der Waals surface area contributed by atoms with Gasteiger partial charge in [0.05, 0.1) is 19.8 Å². The number of aromatic nitrogens is 1. The van der Waals surface area contributed by atoms with E-state index >= 15 is 0 Å². The van der Waals surface area contributed by atoms with Crippen LogP contribution in [0.3, 0.4) is 0 Å². The summed E-state index contributed by atoms with van der Waals surface area (Å²) in [5, 5.41) is 4.03. The molecule has 4 rings (SSSR count). The van der Waals surface area contributed by atoms with Gasteiger partial charge in [-0.25, -0.2) is 0 Å². The molecule has 1 saturated heterocycles. The third-order valence-electron chi connectivity index (χ3n) is 4.70. The minimum Gasteiger partial charge on any atom is -0.378 e. The van der Waals surface area contributed by atoms with E-state index in [0.29, 0.717) is 18.9 Å². The molecule has 2 aliphatic rings. The Labute approximate surface area is 151 Å². The van der Waals surface area contributed by atoms with Crippen LogP contribution < -0.4 is 10.6 Å². The molecule has 1 amide bonds. The topological polar surface area (TPSA) is 97.2 Å². The number of amidine groups is 1. The highest BCUT2D eigenvalue weighted by molar-refractivity contribution is 6.01. The van der Waals surface area contributed by atoms with E-state index in [1.807, 2.05) is 19.2 Å². The summed E-state index contributed by atoms with van der Waals surface area (Å²) in [5.74, 6) is 0.413. The number of benzene rings is 1. The van der Waals surface area contributed by atoms with Crippen LogP contribution in [-0.2, 0) is 4.74 Å². The van der Waals surface area contributed by atoms with Crippen molar-refractivity contribution in [1.29, 1.82) is 0 Å². The van der Waals surface area contributed by atoms with Gasteiger partial charge in [0.15, 0.2) is 0 Å². The highest BCUT2D eigenvalue weighted by atomic mass is 16.5. The van der Waals surface area contributed by atoms with Gasteiger partial charge in [-0.15, -0.1) is 0 Å². The second kappa shape index (κ2) is 6.80. The maximum atomic E-state index is 11.3. The molecule has 1 aromatic heterocycles. The minimum absolute atomic E-state index is 0.0527. The molecule has 0 spiro atoms. The lowest BCUT2D eigenvalue weighted by atomic mass is 10.0. The van der Waals surface area contributed by atoms with E-state index in [2.05, 4.69) is 26.0 Å². The van der Waals surface area contributed by atoms with Crippen molar-refractivity contribution in [3.63, 3.8) is 0 Å². The van der Waals surface area contributed by atoms with Crippen molar-refractivity contribution in [2.24, 2.45) is 10.7 Å². The predicted octanol–water partition coefficient (Wildman–Crippen LogP) is 0.969. The number of carbonyl (C=O) groups is 1. The van der Waals surface area contributed by atoms with Crippen molar-refractivity contribution in [1.82, 2.24) is 10.1 Å². The molecule has 1 aromatic carbocycles. The van der Waals surface area contributed by atoms with E-state index in [0.717, 1.165) is 48.8 Å². The summed E-state index contributed by atoms with van der Waals surface area (Å²) in [5.41, 5.74) is 8.86. The molecule has 0 atom stereocenters. The van der Waals surface area contributed by atoms with Gasteiger partial charge in [-0.3, -0.25) is 9.79 Å². The average Bonchev–Trinajstić information content (AvgIpc) is 3.31. The average molecular weight is 355 g/mol. The molecular formula is C18H21N5O3. The summed E-state index contributed by atoms with van der Waals surface area (Å²) in [7, 11) is 2.05. The molecule has 2 aliphatic heterocycles. The van der Waals surface area contributed by atoms with Crippen molar-refractivity contribution in [2.75, 3.05) is 51.3 Å². The molecule has 0 saturated carbocycles. The second-order valence-corrected chi connectivity index (χ2v) is 6.40. The lowest BCUT2D eigenvalue weighted by Gasteiger charge is -2.31. The number of amides is 1. The third-order valence-corrected chi connectivity index (χ3v) is 4.70.